The number of benzene rings is 1. The number of aromatic amines is 1. The molecular formula is C16H12FNOS2. The van der Waals surface area contributed by atoms with E-state index in [1.54, 1.807) is 23.6 Å². The minimum Gasteiger partial charge on any atom is -0.360 e. The number of nitrogens with one attached hydrogen (secondary N) is 1. The highest BCUT2D eigenvalue weighted by Crippen LogP contribution is 2.33. The molecule has 2 nitrogen and oxygen atoms in total. The first-order valence-electron chi connectivity index (χ1n) is 6.73. The van der Waals surface area contributed by atoms with Crippen LogP contribution < -0.4 is 0 Å². The molecule has 0 amide bonds. The minimum absolute atomic E-state index is 0.0174. The normalized spacial score (nSPS) is 14.3. The fourth-order valence-electron chi connectivity index (χ4n) is 2.67. The van der Waals surface area contributed by atoms with Crippen LogP contribution in [-0.2, 0) is 12.2 Å². The zero-order chi connectivity index (χ0) is 14.4. The molecule has 106 valence electrons. The van der Waals surface area contributed by atoms with E-state index in [4.69, 9.17) is 0 Å². The number of aryl methyl sites for hydroxylation is 1. The summed E-state index contributed by atoms with van der Waals surface area (Å²) in [7, 11) is 0. The van der Waals surface area contributed by atoms with Crippen molar-refractivity contribution in [1.82, 2.24) is 4.98 Å². The highest BCUT2D eigenvalue weighted by Gasteiger charge is 2.20. The number of H-pyrrole nitrogens is 1. The monoisotopic (exact) mass is 317 g/mol. The van der Waals surface area contributed by atoms with Crippen molar-refractivity contribution in [2.24, 2.45) is 0 Å². The Balaban J connectivity index is 1.79. The van der Waals surface area contributed by atoms with Crippen molar-refractivity contribution in [3.8, 4) is 0 Å². The van der Waals surface area contributed by atoms with Gasteiger partial charge in [0.05, 0.1) is 4.88 Å². The Labute approximate surface area is 129 Å². The van der Waals surface area contributed by atoms with Crippen molar-refractivity contribution in [3.63, 3.8) is 0 Å². The van der Waals surface area contributed by atoms with E-state index in [2.05, 4.69) is 4.98 Å². The Morgan fingerprint density at radius 1 is 1.29 bits per heavy atom. The second-order valence-electron chi connectivity index (χ2n) is 5.08. The van der Waals surface area contributed by atoms with Crippen LogP contribution in [0, 0.1) is 5.82 Å². The van der Waals surface area contributed by atoms with Gasteiger partial charge in [-0.25, -0.2) is 4.39 Å². The average molecular weight is 317 g/mol. The lowest BCUT2D eigenvalue weighted by atomic mass is 10.1. The number of thioether (sulfide) groups is 1. The Kier molecular flexibility index (Phi) is 3.12. The van der Waals surface area contributed by atoms with Gasteiger partial charge in [0.15, 0.2) is 0 Å². The molecule has 3 aromatic rings. The standard InChI is InChI=1S/C16H12FNOS2/c17-10-1-2-13-11(6-10)12(7-18-13)16(19)15-5-9-8-20-4-3-14(9)21-15/h1-2,5-7,18H,3-4,8H2. The van der Waals surface area contributed by atoms with Gasteiger partial charge in [-0.3, -0.25) is 4.79 Å². The van der Waals surface area contributed by atoms with Gasteiger partial charge in [0.25, 0.3) is 0 Å². The molecule has 5 heteroatoms. The third-order valence-corrected chi connectivity index (χ3v) is 5.98. The van der Waals surface area contributed by atoms with E-state index in [9.17, 15) is 9.18 Å². The van der Waals surface area contributed by atoms with E-state index in [0.717, 1.165) is 28.3 Å². The van der Waals surface area contributed by atoms with Crippen molar-refractivity contribution in [3.05, 3.63) is 57.2 Å². The maximum Gasteiger partial charge on any atom is 0.205 e. The molecule has 2 aromatic heterocycles. The van der Waals surface area contributed by atoms with Crippen LogP contribution in [0.5, 0.6) is 0 Å². The maximum absolute atomic E-state index is 13.4. The molecule has 0 spiro atoms. The summed E-state index contributed by atoms with van der Waals surface area (Å²) in [4.78, 5) is 17.8. The second-order valence-corrected chi connectivity index (χ2v) is 7.32. The number of rotatable bonds is 2. The van der Waals surface area contributed by atoms with Gasteiger partial charge in [-0.1, -0.05) is 0 Å². The number of ketones is 1. The Morgan fingerprint density at radius 3 is 3.05 bits per heavy atom. The fourth-order valence-corrected chi connectivity index (χ4v) is 5.00. The SMILES string of the molecule is O=C(c1cc2c(s1)CCSC2)c1c[nH]c2ccc(F)cc12. The third-order valence-electron chi connectivity index (χ3n) is 3.74. The number of halogens is 1. The zero-order valence-electron chi connectivity index (χ0n) is 11.1. The number of aromatic nitrogens is 1. The molecule has 1 aromatic carbocycles. The first-order valence-corrected chi connectivity index (χ1v) is 8.70. The van der Waals surface area contributed by atoms with E-state index in [-0.39, 0.29) is 11.6 Å². The topological polar surface area (TPSA) is 32.9 Å². The van der Waals surface area contributed by atoms with Crippen molar-refractivity contribution >= 4 is 39.8 Å². The smallest absolute Gasteiger partial charge is 0.205 e. The molecule has 4 rings (SSSR count). The van der Waals surface area contributed by atoms with Gasteiger partial charge < -0.3 is 4.98 Å². The highest BCUT2D eigenvalue weighted by atomic mass is 32.2. The molecule has 0 fully saturated rings. The number of fused-ring (bicyclic) bond motifs is 2. The number of carbonyl (C=O) groups excluding carboxylic acids is 1. The van der Waals surface area contributed by atoms with Gasteiger partial charge in [-0.15, -0.1) is 11.3 Å². The van der Waals surface area contributed by atoms with Crippen LogP contribution in [0.1, 0.15) is 25.7 Å². The van der Waals surface area contributed by atoms with Gasteiger partial charge in [-0.05, 0) is 42.0 Å². The van der Waals surface area contributed by atoms with Crippen LogP contribution >= 0.6 is 23.1 Å². The Hall–Kier alpha value is -1.59. The van der Waals surface area contributed by atoms with E-state index < -0.39 is 0 Å². The summed E-state index contributed by atoms with van der Waals surface area (Å²) in [6, 6.07) is 6.49. The summed E-state index contributed by atoms with van der Waals surface area (Å²) in [5.74, 6) is 1.77. The van der Waals surface area contributed by atoms with Crippen molar-refractivity contribution in [2.45, 2.75) is 12.2 Å². The molecule has 0 atom stereocenters. The van der Waals surface area contributed by atoms with Crippen LogP contribution in [0.2, 0.25) is 0 Å². The van der Waals surface area contributed by atoms with Crippen LogP contribution in [0.3, 0.4) is 0 Å². The number of thiophene rings is 1. The summed E-state index contributed by atoms with van der Waals surface area (Å²) in [6.45, 7) is 0. The molecular weight excluding hydrogens is 305 g/mol. The summed E-state index contributed by atoms with van der Waals surface area (Å²) in [5, 5.41) is 0.653. The minimum atomic E-state index is -0.321. The van der Waals surface area contributed by atoms with Gasteiger partial charge in [0.1, 0.15) is 5.82 Å². The largest absolute Gasteiger partial charge is 0.360 e. The van der Waals surface area contributed by atoms with E-state index in [1.807, 2.05) is 17.8 Å². The number of carbonyl (C=O) groups is 1. The van der Waals surface area contributed by atoms with E-state index >= 15 is 0 Å². The van der Waals surface area contributed by atoms with Crippen LogP contribution in [-0.4, -0.2) is 16.5 Å². The van der Waals surface area contributed by atoms with Crippen molar-refractivity contribution in [1.29, 1.82) is 0 Å². The summed E-state index contributed by atoms with van der Waals surface area (Å²) in [5.41, 5.74) is 2.62. The average Bonchev–Trinajstić information content (AvgIpc) is 3.09. The van der Waals surface area contributed by atoms with Gasteiger partial charge >= 0.3 is 0 Å². The molecule has 21 heavy (non-hydrogen) atoms. The van der Waals surface area contributed by atoms with Crippen LogP contribution in [0.15, 0.2) is 30.5 Å². The molecule has 1 aliphatic heterocycles. The molecule has 1 aliphatic rings. The Morgan fingerprint density at radius 2 is 2.19 bits per heavy atom. The predicted octanol–water partition coefficient (Wildman–Crippen LogP) is 4.39. The molecule has 0 saturated carbocycles. The summed E-state index contributed by atoms with van der Waals surface area (Å²) < 4.78 is 13.4. The predicted molar refractivity (Wildman–Crippen MR) is 85.9 cm³/mol. The van der Waals surface area contributed by atoms with Crippen LogP contribution in [0.25, 0.3) is 10.9 Å². The summed E-state index contributed by atoms with van der Waals surface area (Å²) in [6.07, 6.45) is 2.72. The highest BCUT2D eigenvalue weighted by molar-refractivity contribution is 7.98. The van der Waals surface area contributed by atoms with Crippen molar-refractivity contribution < 1.29 is 9.18 Å². The van der Waals surface area contributed by atoms with Crippen LogP contribution in [0.4, 0.5) is 4.39 Å². The fraction of sp³-hybridized carbons (Fsp3) is 0.188. The lowest BCUT2D eigenvalue weighted by Crippen LogP contribution is -1.97. The molecule has 0 radical (unpaired) electrons. The van der Waals surface area contributed by atoms with Gasteiger partial charge in [0, 0.05) is 33.3 Å². The molecule has 0 aliphatic carbocycles. The molecule has 3 heterocycles. The number of hydrogen-bond acceptors (Lipinski definition) is 3. The molecule has 0 unspecified atom stereocenters. The van der Waals surface area contributed by atoms with Crippen molar-refractivity contribution in [2.75, 3.05) is 5.75 Å². The second kappa shape index (κ2) is 5.00. The lowest BCUT2D eigenvalue weighted by molar-refractivity contribution is 0.104. The Bertz CT molecular complexity index is 826. The molecule has 0 bridgehead atoms. The van der Waals surface area contributed by atoms with E-state index in [1.165, 1.54) is 22.6 Å². The first kappa shape index (κ1) is 13.1. The van der Waals surface area contributed by atoms with Gasteiger partial charge in [0.2, 0.25) is 5.78 Å². The maximum atomic E-state index is 13.4. The van der Waals surface area contributed by atoms with E-state index in [0.29, 0.717) is 10.9 Å². The zero-order valence-corrected chi connectivity index (χ0v) is 12.7. The summed E-state index contributed by atoms with van der Waals surface area (Å²) >= 11 is 3.49. The molecule has 0 saturated heterocycles. The third kappa shape index (κ3) is 2.21. The number of hydrogen-bond donors (Lipinski definition) is 1. The quantitative estimate of drug-likeness (QED) is 0.711. The molecule has 1 N–H and O–H groups in total. The first-order chi connectivity index (χ1) is 10.2. The lowest BCUT2D eigenvalue weighted by Gasteiger charge is -2.08. The van der Waals surface area contributed by atoms with Gasteiger partial charge in [-0.2, -0.15) is 11.8 Å².